The van der Waals surface area contributed by atoms with Crippen LogP contribution in [0.5, 0.6) is 0 Å². The summed E-state index contributed by atoms with van der Waals surface area (Å²) in [5, 5.41) is 5.41. The van der Waals surface area contributed by atoms with E-state index in [4.69, 9.17) is 0 Å². The second kappa shape index (κ2) is 7.83. The minimum absolute atomic E-state index is 0.0372. The molecule has 23 heavy (non-hydrogen) atoms. The maximum atomic E-state index is 12.2. The van der Waals surface area contributed by atoms with Crippen molar-refractivity contribution in [3.05, 3.63) is 54.1 Å². The van der Waals surface area contributed by atoms with Crippen molar-refractivity contribution >= 4 is 35.0 Å². The largest absolute Gasteiger partial charge is 0.326 e. The lowest BCUT2D eigenvalue weighted by Crippen LogP contribution is -2.22. The van der Waals surface area contributed by atoms with Crippen LogP contribution >= 0.6 is 11.8 Å². The number of anilines is 2. The summed E-state index contributed by atoms with van der Waals surface area (Å²) in [7, 11) is 0. The van der Waals surface area contributed by atoms with Crippen molar-refractivity contribution in [1.29, 1.82) is 0 Å². The summed E-state index contributed by atoms with van der Waals surface area (Å²) in [6.45, 7) is 5.35. The van der Waals surface area contributed by atoms with Crippen molar-refractivity contribution in [2.45, 2.75) is 30.9 Å². The number of amides is 2. The van der Waals surface area contributed by atoms with E-state index in [9.17, 15) is 9.59 Å². The summed E-state index contributed by atoms with van der Waals surface area (Å²) in [4.78, 5) is 24.2. The summed E-state index contributed by atoms with van der Waals surface area (Å²) in [6.07, 6.45) is 0. The van der Waals surface area contributed by atoms with E-state index >= 15 is 0 Å². The molecule has 2 aromatic carbocycles. The Morgan fingerprint density at radius 3 is 2.00 bits per heavy atom. The quantitative estimate of drug-likeness (QED) is 0.813. The molecule has 5 heteroatoms. The van der Waals surface area contributed by atoms with Crippen LogP contribution in [-0.2, 0) is 9.59 Å². The Labute approximate surface area is 140 Å². The fourth-order valence-electron chi connectivity index (χ4n) is 1.96. The van der Waals surface area contributed by atoms with Crippen molar-refractivity contribution in [3.63, 3.8) is 0 Å². The van der Waals surface area contributed by atoms with Gasteiger partial charge in [-0.05, 0) is 50.2 Å². The molecule has 0 saturated carbocycles. The highest BCUT2D eigenvalue weighted by molar-refractivity contribution is 8.00. The van der Waals surface area contributed by atoms with Gasteiger partial charge in [0.1, 0.15) is 0 Å². The van der Waals surface area contributed by atoms with Gasteiger partial charge in [0.05, 0.1) is 5.25 Å². The fourth-order valence-corrected chi connectivity index (χ4v) is 2.83. The van der Waals surface area contributed by atoms with Crippen molar-refractivity contribution in [2.75, 3.05) is 10.6 Å². The zero-order valence-electron chi connectivity index (χ0n) is 13.4. The maximum absolute atomic E-state index is 12.2. The van der Waals surface area contributed by atoms with Gasteiger partial charge >= 0.3 is 0 Å². The highest BCUT2D eigenvalue weighted by Crippen LogP contribution is 2.25. The molecule has 0 unspecified atom stereocenters. The number of nitrogens with one attached hydrogen (secondary N) is 2. The van der Waals surface area contributed by atoms with E-state index in [1.54, 1.807) is 0 Å². The molecule has 0 fully saturated rings. The number of thioether (sulfide) groups is 1. The second-order valence-electron chi connectivity index (χ2n) is 5.32. The number of carbonyl (C=O) groups excluding carboxylic acids is 2. The average molecular weight is 328 g/mol. The van der Waals surface area contributed by atoms with E-state index in [0.29, 0.717) is 0 Å². The van der Waals surface area contributed by atoms with Gasteiger partial charge in [0, 0.05) is 23.2 Å². The van der Waals surface area contributed by atoms with Gasteiger partial charge in [-0.15, -0.1) is 11.8 Å². The lowest BCUT2D eigenvalue weighted by Gasteiger charge is -2.12. The van der Waals surface area contributed by atoms with Gasteiger partial charge in [-0.2, -0.15) is 0 Å². The lowest BCUT2D eigenvalue weighted by molar-refractivity contribution is -0.115. The molecule has 2 rings (SSSR count). The molecule has 0 radical (unpaired) electrons. The predicted octanol–water partition coefficient (Wildman–Crippen LogP) is 4.07. The first-order valence-electron chi connectivity index (χ1n) is 7.36. The molecule has 2 N–H and O–H groups in total. The van der Waals surface area contributed by atoms with Gasteiger partial charge in [-0.1, -0.05) is 17.7 Å². The molecule has 0 aliphatic rings. The minimum atomic E-state index is -0.220. The van der Waals surface area contributed by atoms with Crippen LogP contribution in [0.2, 0.25) is 0 Å². The van der Waals surface area contributed by atoms with Crippen molar-refractivity contribution in [1.82, 2.24) is 0 Å². The van der Waals surface area contributed by atoms with Gasteiger partial charge in [0.2, 0.25) is 11.8 Å². The Bertz CT molecular complexity index is 681. The molecule has 0 saturated heterocycles. The topological polar surface area (TPSA) is 58.2 Å². The van der Waals surface area contributed by atoms with Crippen LogP contribution in [0, 0.1) is 6.92 Å². The molecule has 4 nitrogen and oxygen atoms in total. The molecular weight excluding hydrogens is 308 g/mol. The van der Waals surface area contributed by atoms with Gasteiger partial charge in [0.15, 0.2) is 0 Å². The number of aryl methyl sites for hydroxylation is 1. The van der Waals surface area contributed by atoms with E-state index in [1.807, 2.05) is 62.4 Å². The summed E-state index contributed by atoms with van der Waals surface area (Å²) >= 11 is 1.48. The Morgan fingerprint density at radius 2 is 1.43 bits per heavy atom. The summed E-state index contributed by atoms with van der Waals surface area (Å²) < 4.78 is 0. The molecule has 120 valence electrons. The molecule has 0 bridgehead atoms. The predicted molar refractivity (Wildman–Crippen MR) is 95.9 cm³/mol. The van der Waals surface area contributed by atoms with E-state index in [1.165, 1.54) is 18.7 Å². The summed E-state index contributed by atoms with van der Waals surface area (Å²) in [6, 6.07) is 15.2. The minimum Gasteiger partial charge on any atom is -0.326 e. The zero-order chi connectivity index (χ0) is 16.8. The standard InChI is InChI=1S/C18H20N2O2S/c1-12-4-6-16(7-5-12)20-18(22)13(2)23-17-10-8-15(9-11-17)19-14(3)21/h4-11,13H,1-3H3,(H,19,21)(H,20,22)/t13-/m0/s1. The molecule has 0 aliphatic heterocycles. The molecule has 0 aliphatic carbocycles. The van der Waals surface area contributed by atoms with E-state index in [0.717, 1.165) is 21.8 Å². The molecule has 1 atom stereocenters. The van der Waals surface area contributed by atoms with Crippen molar-refractivity contribution in [2.24, 2.45) is 0 Å². The fraction of sp³-hybridized carbons (Fsp3) is 0.222. The molecule has 0 aromatic heterocycles. The first kappa shape index (κ1) is 17.1. The number of carbonyl (C=O) groups is 2. The third-order valence-electron chi connectivity index (χ3n) is 3.18. The first-order chi connectivity index (χ1) is 10.9. The summed E-state index contributed by atoms with van der Waals surface area (Å²) in [5.74, 6) is -0.138. The second-order valence-corrected chi connectivity index (χ2v) is 6.74. The van der Waals surface area contributed by atoms with Crippen LogP contribution in [-0.4, -0.2) is 17.1 Å². The molecule has 2 aromatic rings. The average Bonchev–Trinajstić information content (AvgIpc) is 2.51. The Balaban J connectivity index is 1.92. The summed E-state index contributed by atoms with van der Waals surface area (Å²) in [5.41, 5.74) is 2.71. The van der Waals surface area contributed by atoms with Gasteiger partial charge in [0.25, 0.3) is 0 Å². The lowest BCUT2D eigenvalue weighted by atomic mass is 10.2. The molecule has 2 amide bonds. The SMILES string of the molecule is CC(=O)Nc1ccc(S[C@@H](C)C(=O)Nc2ccc(C)cc2)cc1. The Morgan fingerprint density at radius 1 is 0.913 bits per heavy atom. The van der Waals surface area contributed by atoms with Gasteiger partial charge in [-0.3, -0.25) is 9.59 Å². The van der Waals surface area contributed by atoms with Gasteiger partial charge < -0.3 is 10.6 Å². The third-order valence-corrected chi connectivity index (χ3v) is 4.29. The molecule has 0 heterocycles. The maximum Gasteiger partial charge on any atom is 0.237 e. The monoisotopic (exact) mass is 328 g/mol. The van der Waals surface area contributed by atoms with Crippen LogP contribution in [0.1, 0.15) is 19.4 Å². The molecular formula is C18H20N2O2S. The van der Waals surface area contributed by atoms with E-state index in [2.05, 4.69) is 10.6 Å². The van der Waals surface area contributed by atoms with Crippen molar-refractivity contribution in [3.8, 4) is 0 Å². The number of hydrogen-bond donors (Lipinski definition) is 2. The van der Waals surface area contributed by atoms with Crippen LogP contribution in [0.4, 0.5) is 11.4 Å². The highest BCUT2D eigenvalue weighted by atomic mass is 32.2. The van der Waals surface area contributed by atoms with Crippen LogP contribution in [0.25, 0.3) is 0 Å². The number of rotatable bonds is 5. The van der Waals surface area contributed by atoms with E-state index < -0.39 is 0 Å². The van der Waals surface area contributed by atoms with E-state index in [-0.39, 0.29) is 17.1 Å². The Kier molecular flexibility index (Phi) is 5.82. The van der Waals surface area contributed by atoms with Crippen LogP contribution in [0.15, 0.2) is 53.4 Å². The van der Waals surface area contributed by atoms with Gasteiger partial charge in [-0.25, -0.2) is 0 Å². The number of benzene rings is 2. The zero-order valence-corrected chi connectivity index (χ0v) is 14.2. The highest BCUT2D eigenvalue weighted by Gasteiger charge is 2.14. The number of hydrogen-bond acceptors (Lipinski definition) is 3. The smallest absolute Gasteiger partial charge is 0.237 e. The van der Waals surface area contributed by atoms with Crippen LogP contribution < -0.4 is 10.6 Å². The van der Waals surface area contributed by atoms with Crippen LogP contribution in [0.3, 0.4) is 0 Å². The molecule has 0 spiro atoms. The normalized spacial score (nSPS) is 11.6. The first-order valence-corrected chi connectivity index (χ1v) is 8.24. The third kappa shape index (κ3) is 5.45. The Hall–Kier alpha value is -2.27. The van der Waals surface area contributed by atoms with Crippen molar-refractivity contribution < 1.29 is 9.59 Å².